The van der Waals surface area contributed by atoms with Crippen molar-refractivity contribution in [3.8, 4) is 0 Å². The van der Waals surface area contributed by atoms with Gasteiger partial charge in [0.05, 0.1) is 30.1 Å². The van der Waals surface area contributed by atoms with Gasteiger partial charge in [-0.1, -0.05) is 16.8 Å². The van der Waals surface area contributed by atoms with E-state index in [1.807, 2.05) is 0 Å². The van der Waals surface area contributed by atoms with E-state index >= 15 is 0 Å². The van der Waals surface area contributed by atoms with Crippen LogP contribution in [0, 0.1) is 5.82 Å². The molecule has 114 valence electrons. The number of urea groups is 1. The van der Waals surface area contributed by atoms with Crippen LogP contribution >= 0.6 is 11.6 Å². The minimum Gasteiger partial charge on any atom is -0.399 e. The molecular weight excluding hydrogens is 303 g/mol. The molecule has 0 atom stereocenters. The molecule has 7 nitrogen and oxygen atoms in total. The zero-order chi connectivity index (χ0) is 15.8. The van der Waals surface area contributed by atoms with Gasteiger partial charge in [-0.3, -0.25) is 0 Å². The van der Waals surface area contributed by atoms with Gasteiger partial charge < -0.3 is 15.3 Å². The SMILES string of the molecule is C=NN(CCO)C(=O)Nc1cc(/C=N/OC)c(Cl)cc1F. The Labute approximate surface area is 125 Å². The van der Waals surface area contributed by atoms with Crippen molar-refractivity contribution in [3.05, 3.63) is 28.5 Å². The highest BCUT2D eigenvalue weighted by Crippen LogP contribution is 2.23. The Morgan fingerprint density at radius 3 is 2.95 bits per heavy atom. The third-order valence-corrected chi connectivity index (χ3v) is 2.67. The number of nitrogens with one attached hydrogen (secondary N) is 1. The van der Waals surface area contributed by atoms with Crippen molar-refractivity contribution in [2.45, 2.75) is 0 Å². The van der Waals surface area contributed by atoms with Crippen molar-refractivity contribution in [2.75, 3.05) is 25.6 Å². The monoisotopic (exact) mass is 316 g/mol. The fourth-order valence-corrected chi connectivity index (χ4v) is 1.58. The normalized spacial score (nSPS) is 10.5. The topological polar surface area (TPSA) is 86.5 Å². The van der Waals surface area contributed by atoms with Crippen LogP contribution in [0.2, 0.25) is 5.02 Å². The van der Waals surface area contributed by atoms with Gasteiger partial charge in [0.2, 0.25) is 0 Å². The summed E-state index contributed by atoms with van der Waals surface area (Å²) < 4.78 is 13.8. The van der Waals surface area contributed by atoms with Crippen LogP contribution in [0.4, 0.5) is 14.9 Å². The van der Waals surface area contributed by atoms with Crippen LogP contribution in [0.15, 0.2) is 22.4 Å². The summed E-state index contributed by atoms with van der Waals surface area (Å²) in [6.07, 6.45) is 1.27. The van der Waals surface area contributed by atoms with Gasteiger partial charge in [-0.25, -0.2) is 14.2 Å². The van der Waals surface area contributed by atoms with E-state index in [1.165, 1.54) is 19.4 Å². The number of oxime groups is 1. The van der Waals surface area contributed by atoms with Gasteiger partial charge in [-0.15, -0.1) is 0 Å². The van der Waals surface area contributed by atoms with Crippen molar-refractivity contribution < 1.29 is 19.1 Å². The second kappa shape index (κ2) is 8.18. The van der Waals surface area contributed by atoms with Crippen LogP contribution in [0.5, 0.6) is 0 Å². The second-order valence-corrected chi connectivity index (χ2v) is 4.10. The van der Waals surface area contributed by atoms with Crippen LogP contribution in [0.3, 0.4) is 0 Å². The number of benzene rings is 1. The molecule has 21 heavy (non-hydrogen) atoms. The summed E-state index contributed by atoms with van der Waals surface area (Å²) in [6.45, 7) is 2.82. The molecule has 1 rings (SSSR count). The Hall–Kier alpha value is -2.19. The van der Waals surface area contributed by atoms with Gasteiger partial charge in [-0.05, 0) is 12.1 Å². The van der Waals surface area contributed by atoms with E-state index < -0.39 is 11.8 Å². The van der Waals surface area contributed by atoms with Gasteiger partial charge >= 0.3 is 6.03 Å². The third kappa shape index (κ3) is 4.69. The molecule has 0 saturated heterocycles. The summed E-state index contributed by atoms with van der Waals surface area (Å²) in [7, 11) is 1.35. The summed E-state index contributed by atoms with van der Waals surface area (Å²) >= 11 is 5.84. The molecule has 9 heteroatoms. The summed E-state index contributed by atoms with van der Waals surface area (Å²) in [4.78, 5) is 16.3. The molecule has 0 aliphatic carbocycles. The highest BCUT2D eigenvalue weighted by atomic mass is 35.5. The summed E-state index contributed by atoms with van der Waals surface area (Å²) in [6, 6.07) is 1.58. The maximum atomic E-state index is 13.8. The molecule has 0 bridgehead atoms. The first kappa shape index (κ1) is 16.9. The Bertz CT molecular complexity index is 554. The largest absolute Gasteiger partial charge is 0.399 e. The molecule has 0 unspecified atom stereocenters. The zero-order valence-electron chi connectivity index (χ0n) is 11.2. The average molecular weight is 317 g/mol. The maximum Gasteiger partial charge on any atom is 0.342 e. The number of amides is 2. The predicted molar refractivity (Wildman–Crippen MR) is 78.4 cm³/mol. The molecule has 0 heterocycles. The van der Waals surface area contributed by atoms with Gasteiger partial charge in [-0.2, -0.15) is 5.10 Å². The fourth-order valence-electron chi connectivity index (χ4n) is 1.38. The molecular formula is C12H14ClFN4O3. The molecule has 0 aliphatic rings. The molecule has 0 aromatic heterocycles. The van der Waals surface area contributed by atoms with E-state index in [-0.39, 0.29) is 23.9 Å². The van der Waals surface area contributed by atoms with Crippen molar-refractivity contribution in [1.82, 2.24) is 5.01 Å². The Morgan fingerprint density at radius 1 is 1.67 bits per heavy atom. The van der Waals surface area contributed by atoms with Crippen LogP contribution in [0.25, 0.3) is 0 Å². The number of aliphatic hydroxyl groups is 1. The lowest BCUT2D eigenvalue weighted by Gasteiger charge is -2.16. The molecule has 0 aliphatic heterocycles. The first-order valence-electron chi connectivity index (χ1n) is 5.75. The van der Waals surface area contributed by atoms with E-state index in [9.17, 15) is 9.18 Å². The van der Waals surface area contributed by atoms with Crippen LogP contribution in [-0.2, 0) is 4.84 Å². The highest BCUT2D eigenvalue weighted by molar-refractivity contribution is 6.33. The number of hydrogen-bond donors (Lipinski definition) is 2. The van der Waals surface area contributed by atoms with Gasteiger partial charge in [0.15, 0.2) is 0 Å². The van der Waals surface area contributed by atoms with Crippen molar-refractivity contribution >= 4 is 36.3 Å². The molecule has 0 saturated carbocycles. The van der Waals surface area contributed by atoms with Crippen molar-refractivity contribution in [2.24, 2.45) is 10.3 Å². The number of nitrogens with zero attached hydrogens (tertiary/aromatic N) is 3. The maximum absolute atomic E-state index is 13.8. The van der Waals surface area contributed by atoms with E-state index in [1.54, 1.807) is 0 Å². The van der Waals surface area contributed by atoms with Crippen LogP contribution < -0.4 is 5.32 Å². The van der Waals surface area contributed by atoms with E-state index in [4.69, 9.17) is 16.7 Å². The van der Waals surface area contributed by atoms with E-state index in [0.29, 0.717) is 5.56 Å². The number of hydrogen-bond acceptors (Lipinski definition) is 5. The third-order valence-electron chi connectivity index (χ3n) is 2.34. The van der Waals surface area contributed by atoms with Gasteiger partial charge in [0.1, 0.15) is 12.9 Å². The average Bonchev–Trinajstić information content (AvgIpc) is 2.46. The van der Waals surface area contributed by atoms with Crippen molar-refractivity contribution in [1.29, 1.82) is 0 Å². The molecule has 2 N–H and O–H groups in total. The van der Waals surface area contributed by atoms with E-state index in [2.05, 4.69) is 27.1 Å². The van der Waals surface area contributed by atoms with Crippen molar-refractivity contribution in [3.63, 3.8) is 0 Å². The number of anilines is 1. The first-order valence-corrected chi connectivity index (χ1v) is 6.12. The standard InChI is InChI=1S/C12H14ClFN4O3/c1-15-18(3-4-19)12(20)17-11-5-8(7-16-21-2)9(13)6-10(11)14/h5-7,19H,1,3-4H2,2H3,(H,17,20)/b16-7+. The number of carbonyl (C=O) groups is 1. The lowest BCUT2D eigenvalue weighted by atomic mass is 10.2. The lowest BCUT2D eigenvalue weighted by molar-refractivity contribution is 0.192. The Kier molecular flexibility index (Phi) is 6.57. The summed E-state index contributed by atoms with van der Waals surface area (Å²) in [5.41, 5.74) is 0.240. The number of halogens is 2. The molecule has 2 amide bonds. The number of aliphatic hydroxyl groups excluding tert-OH is 1. The Balaban J connectivity index is 2.99. The van der Waals surface area contributed by atoms with E-state index in [0.717, 1.165) is 11.1 Å². The second-order valence-electron chi connectivity index (χ2n) is 3.69. The number of hydrazone groups is 1. The fraction of sp³-hybridized carbons (Fsp3) is 0.250. The molecule has 0 radical (unpaired) electrons. The summed E-state index contributed by atoms with van der Waals surface area (Å²) in [5, 5.41) is 19.0. The number of carbonyl (C=O) groups excluding carboxylic acids is 1. The lowest BCUT2D eigenvalue weighted by Crippen LogP contribution is -2.32. The summed E-state index contributed by atoms with van der Waals surface area (Å²) in [5.74, 6) is -0.726. The highest BCUT2D eigenvalue weighted by Gasteiger charge is 2.15. The minimum absolute atomic E-state index is 0.0669. The van der Waals surface area contributed by atoms with Gasteiger partial charge in [0, 0.05) is 12.3 Å². The zero-order valence-corrected chi connectivity index (χ0v) is 12.0. The number of rotatable bonds is 6. The van der Waals surface area contributed by atoms with Crippen LogP contribution in [0.1, 0.15) is 5.56 Å². The molecule has 0 spiro atoms. The minimum atomic E-state index is -0.741. The quantitative estimate of drug-likeness (QED) is 0.621. The molecule has 1 aromatic rings. The van der Waals surface area contributed by atoms with Gasteiger partial charge in [0.25, 0.3) is 0 Å². The Morgan fingerprint density at radius 2 is 2.38 bits per heavy atom. The molecule has 1 aromatic carbocycles. The van der Waals surface area contributed by atoms with Crippen LogP contribution in [-0.4, -0.2) is 49.3 Å². The molecule has 0 fully saturated rings. The first-order chi connectivity index (χ1) is 10.0. The smallest absolute Gasteiger partial charge is 0.342 e. The predicted octanol–water partition coefficient (Wildman–Crippen LogP) is 1.90.